The number of aromatic nitrogens is 3. The van der Waals surface area contributed by atoms with Crippen LogP contribution in [0.2, 0.25) is 0 Å². The Morgan fingerprint density at radius 1 is 1.24 bits per heavy atom. The van der Waals surface area contributed by atoms with Gasteiger partial charge in [0.05, 0.1) is 6.54 Å². The molecule has 1 aromatic heterocycles. The van der Waals surface area contributed by atoms with E-state index in [-0.39, 0.29) is 0 Å². The van der Waals surface area contributed by atoms with Gasteiger partial charge in [0.1, 0.15) is 30.1 Å². The Bertz CT molecular complexity index is 683. The van der Waals surface area contributed by atoms with Crippen molar-refractivity contribution < 1.29 is 9.84 Å². The fourth-order valence-electron chi connectivity index (χ4n) is 3.43. The summed E-state index contributed by atoms with van der Waals surface area (Å²) >= 11 is 0. The molecule has 0 amide bonds. The third kappa shape index (κ3) is 4.80. The summed E-state index contributed by atoms with van der Waals surface area (Å²) in [5.41, 5.74) is 1.20. The van der Waals surface area contributed by atoms with Gasteiger partial charge in [-0.05, 0) is 52.3 Å². The summed E-state index contributed by atoms with van der Waals surface area (Å²) < 4.78 is 7.68. The third-order valence-electron chi connectivity index (χ3n) is 4.75. The molecule has 0 spiro atoms. The van der Waals surface area contributed by atoms with E-state index < -0.39 is 6.10 Å². The predicted molar refractivity (Wildman–Crippen MR) is 96.8 cm³/mol. The van der Waals surface area contributed by atoms with Gasteiger partial charge < -0.3 is 9.84 Å². The van der Waals surface area contributed by atoms with Gasteiger partial charge in [-0.3, -0.25) is 4.90 Å². The van der Waals surface area contributed by atoms with Gasteiger partial charge in [-0.2, -0.15) is 5.10 Å². The fourth-order valence-corrected chi connectivity index (χ4v) is 3.43. The molecule has 0 bridgehead atoms. The highest BCUT2D eigenvalue weighted by Gasteiger charge is 2.27. The van der Waals surface area contributed by atoms with E-state index in [0.29, 0.717) is 19.2 Å². The standard InChI is InChI=1S/C19H28N4O2/c1-14-6-8-19(9-7-14)25-13-18(24)12-22-10-4-5-17(22)11-23-16(3)20-15(2)21-23/h6-9,17-18,24H,4-5,10-13H2,1-3H3. The molecule has 6 heteroatoms. The molecule has 2 unspecified atom stereocenters. The number of aryl methyl sites for hydroxylation is 3. The van der Waals surface area contributed by atoms with Gasteiger partial charge in [-0.25, -0.2) is 9.67 Å². The predicted octanol–water partition coefficient (Wildman–Crippen LogP) is 2.11. The van der Waals surface area contributed by atoms with Gasteiger partial charge in [0.25, 0.3) is 0 Å². The molecule has 136 valence electrons. The maximum Gasteiger partial charge on any atom is 0.147 e. The normalized spacial score (nSPS) is 19.3. The van der Waals surface area contributed by atoms with Crippen LogP contribution >= 0.6 is 0 Å². The highest BCUT2D eigenvalue weighted by molar-refractivity contribution is 5.26. The SMILES string of the molecule is Cc1ccc(OCC(O)CN2CCCC2Cn2nc(C)nc2C)cc1. The Hall–Kier alpha value is -1.92. The van der Waals surface area contributed by atoms with E-state index in [4.69, 9.17) is 4.74 Å². The number of nitrogens with zero attached hydrogens (tertiary/aromatic N) is 4. The molecule has 0 aliphatic carbocycles. The number of hydrogen-bond donors (Lipinski definition) is 1. The first-order valence-corrected chi connectivity index (χ1v) is 9.01. The van der Waals surface area contributed by atoms with Gasteiger partial charge in [0, 0.05) is 12.6 Å². The Morgan fingerprint density at radius 3 is 2.68 bits per heavy atom. The van der Waals surface area contributed by atoms with Crippen LogP contribution in [0.25, 0.3) is 0 Å². The fraction of sp³-hybridized carbons (Fsp3) is 0.579. The number of hydrogen-bond acceptors (Lipinski definition) is 5. The Morgan fingerprint density at radius 2 is 2.00 bits per heavy atom. The molecule has 25 heavy (non-hydrogen) atoms. The molecule has 1 fully saturated rings. The summed E-state index contributed by atoms with van der Waals surface area (Å²) in [5, 5.41) is 14.8. The van der Waals surface area contributed by atoms with E-state index in [1.165, 1.54) is 5.56 Å². The van der Waals surface area contributed by atoms with Crippen molar-refractivity contribution in [2.75, 3.05) is 19.7 Å². The van der Waals surface area contributed by atoms with Crippen LogP contribution in [0, 0.1) is 20.8 Å². The minimum absolute atomic E-state index is 0.313. The highest BCUT2D eigenvalue weighted by Crippen LogP contribution is 2.20. The van der Waals surface area contributed by atoms with Crippen molar-refractivity contribution in [3.05, 3.63) is 41.5 Å². The number of likely N-dealkylation sites (tertiary alicyclic amines) is 1. The number of β-amino-alcohol motifs (C(OH)–C–C–N with tert-alkyl or cyclic N) is 1. The summed E-state index contributed by atoms with van der Waals surface area (Å²) in [6, 6.07) is 8.31. The van der Waals surface area contributed by atoms with Crippen LogP contribution in [-0.4, -0.2) is 56.6 Å². The molecule has 2 atom stereocenters. The number of rotatable bonds is 7. The third-order valence-corrected chi connectivity index (χ3v) is 4.75. The second-order valence-electron chi connectivity index (χ2n) is 6.96. The minimum atomic E-state index is -0.500. The zero-order valence-corrected chi connectivity index (χ0v) is 15.4. The van der Waals surface area contributed by atoms with Crippen molar-refractivity contribution in [1.82, 2.24) is 19.7 Å². The van der Waals surface area contributed by atoms with Gasteiger partial charge in [-0.1, -0.05) is 17.7 Å². The largest absolute Gasteiger partial charge is 0.491 e. The number of ether oxygens (including phenoxy) is 1. The monoisotopic (exact) mass is 344 g/mol. The molecule has 1 aliphatic heterocycles. The Balaban J connectivity index is 1.50. The lowest BCUT2D eigenvalue weighted by atomic mass is 10.2. The number of aliphatic hydroxyl groups is 1. The van der Waals surface area contributed by atoms with Gasteiger partial charge >= 0.3 is 0 Å². The molecule has 2 aromatic rings. The van der Waals surface area contributed by atoms with E-state index in [9.17, 15) is 5.11 Å². The van der Waals surface area contributed by atoms with Crippen molar-refractivity contribution in [2.24, 2.45) is 0 Å². The van der Waals surface area contributed by atoms with Crippen LogP contribution in [0.3, 0.4) is 0 Å². The average molecular weight is 344 g/mol. The molecule has 1 aromatic carbocycles. The minimum Gasteiger partial charge on any atom is -0.491 e. The van der Waals surface area contributed by atoms with Crippen molar-refractivity contribution >= 4 is 0 Å². The average Bonchev–Trinajstić information content (AvgIpc) is 3.13. The van der Waals surface area contributed by atoms with E-state index in [1.807, 2.05) is 49.7 Å². The summed E-state index contributed by atoms with van der Waals surface area (Å²) in [6.07, 6.45) is 1.78. The summed E-state index contributed by atoms with van der Waals surface area (Å²) in [5.74, 6) is 2.57. The summed E-state index contributed by atoms with van der Waals surface area (Å²) in [4.78, 5) is 6.72. The molecular formula is C19H28N4O2. The molecule has 1 aliphatic rings. The van der Waals surface area contributed by atoms with E-state index in [0.717, 1.165) is 43.3 Å². The maximum atomic E-state index is 10.4. The van der Waals surface area contributed by atoms with Crippen LogP contribution in [0.4, 0.5) is 0 Å². The maximum absolute atomic E-state index is 10.4. The lowest BCUT2D eigenvalue weighted by Gasteiger charge is -2.27. The molecule has 1 saturated heterocycles. The first kappa shape index (κ1) is 17.9. The zero-order valence-electron chi connectivity index (χ0n) is 15.4. The first-order chi connectivity index (χ1) is 12.0. The van der Waals surface area contributed by atoms with E-state index in [1.54, 1.807) is 0 Å². The summed E-state index contributed by atoms with van der Waals surface area (Å²) in [7, 11) is 0. The molecule has 0 radical (unpaired) electrons. The van der Waals surface area contributed by atoms with Gasteiger partial charge in [-0.15, -0.1) is 0 Å². The van der Waals surface area contributed by atoms with Gasteiger partial charge in [0.2, 0.25) is 0 Å². The lowest BCUT2D eigenvalue weighted by molar-refractivity contribution is 0.0608. The second-order valence-corrected chi connectivity index (χ2v) is 6.96. The van der Waals surface area contributed by atoms with Crippen LogP contribution in [0.5, 0.6) is 5.75 Å². The topological polar surface area (TPSA) is 63.4 Å². The van der Waals surface area contributed by atoms with Crippen LogP contribution in [-0.2, 0) is 6.54 Å². The number of benzene rings is 1. The van der Waals surface area contributed by atoms with E-state index in [2.05, 4.69) is 15.0 Å². The van der Waals surface area contributed by atoms with Crippen LogP contribution in [0.15, 0.2) is 24.3 Å². The zero-order chi connectivity index (χ0) is 17.8. The molecule has 1 N–H and O–H groups in total. The van der Waals surface area contributed by atoms with Crippen molar-refractivity contribution in [3.8, 4) is 5.75 Å². The molecule has 2 heterocycles. The van der Waals surface area contributed by atoms with Crippen LogP contribution in [0.1, 0.15) is 30.1 Å². The Kier molecular flexibility index (Phi) is 5.71. The molecule has 6 nitrogen and oxygen atoms in total. The smallest absolute Gasteiger partial charge is 0.147 e. The molecule has 3 rings (SSSR count). The second kappa shape index (κ2) is 7.97. The highest BCUT2D eigenvalue weighted by atomic mass is 16.5. The van der Waals surface area contributed by atoms with E-state index >= 15 is 0 Å². The molecule has 0 saturated carbocycles. The van der Waals surface area contributed by atoms with Crippen molar-refractivity contribution in [3.63, 3.8) is 0 Å². The van der Waals surface area contributed by atoms with Crippen molar-refractivity contribution in [2.45, 2.75) is 52.3 Å². The van der Waals surface area contributed by atoms with Crippen LogP contribution < -0.4 is 4.74 Å². The molecular weight excluding hydrogens is 316 g/mol. The lowest BCUT2D eigenvalue weighted by Crippen LogP contribution is -2.40. The Labute approximate surface area is 149 Å². The summed E-state index contributed by atoms with van der Waals surface area (Å²) in [6.45, 7) is 8.74. The van der Waals surface area contributed by atoms with Crippen molar-refractivity contribution in [1.29, 1.82) is 0 Å². The van der Waals surface area contributed by atoms with Gasteiger partial charge in [0.15, 0.2) is 0 Å². The number of aliphatic hydroxyl groups excluding tert-OH is 1. The first-order valence-electron chi connectivity index (χ1n) is 9.01. The quantitative estimate of drug-likeness (QED) is 0.833.